The van der Waals surface area contributed by atoms with Gasteiger partial charge in [0.1, 0.15) is 11.6 Å². The number of primary amides is 1. The lowest BCUT2D eigenvalue weighted by atomic mass is 10.00. The number of hydrogen-bond donors (Lipinski definition) is 1. The first kappa shape index (κ1) is 20.8. The van der Waals surface area contributed by atoms with Crippen LogP contribution in [-0.4, -0.2) is 31.1 Å². The molecule has 146 valence electrons. The van der Waals surface area contributed by atoms with Gasteiger partial charge in [-0.1, -0.05) is 37.3 Å². The van der Waals surface area contributed by atoms with Gasteiger partial charge in [-0.3, -0.25) is 0 Å². The van der Waals surface area contributed by atoms with Gasteiger partial charge in [-0.2, -0.15) is 0 Å². The molecule has 4 nitrogen and oxygen atoms in total. The number of likely N-dealkylation sites (tertiary alicyclic amines) is 1. The summed E-state index contributed by atoms with van der Waals surface area (Å²) < 4.78 is 31.9. The van der Waals surface area contributed by atoms with E-state index in [-0.39, 0.29) is 5.56 Å². The van der Waals surface area contributed by atoms with Crippen molar-refractivity contribution in [2.75, 3.05) is 20.1 Å². The van der Waals surface area contributed by atoms with Crippen molar-refractivity contribution in [3.05, 3.63) is 71.3 Å². The van der Waals surface area contributed by atoms with Crippen molar-refractivity contribution >= 4 is 6.09 Å². The minimum Gasteiger partial charge on any atom is -0.436 e. The minimum absolute atomic E-state index is 0.118. The van der Waals surface area contributed by atoms with Crippen LogP contribution in [0.2, 0.25) is 0 Å². The topological polar surface area (TPSA) is 55.6 Å². The van der Waals surface area contributed by atoms with Gasteiger partial charge in [0, 0.05) is 11.1 Å². The molecule has 0 spiro atoms. The molecule has 0 saturated carbocycles. The molecule has 0 bridgehead atoms. The predicted octanol–water partition coefficient (Wildman–Crippen LogP) is 4.50. The second-order valence-corrected chi connectivity index (χ2v) is 6.88. The number of piperidine rings is 1. The standard InChI is InChI=1S/C14H11F2NO2.C7H15N/c15-10-5-3-4-9(8-10)13(19-14(17)18)11-6-1-2-7-12(11)16;1-7-3-5-8(2)6-4-7/h1-8,13H,(H2,17,18);7H,3-6H2,1-2H3. The van der Waals surface area contributed by atoms with Gasteiger partial charge in [0.05, 0.1) is 0 Å². The lowest BCUT2D eigenvalue weighted by Gasteiger charge is -2.26. The third kappa shape index (κ3) is 6.64. The lowest BCUT2D eigenvalue weighted by molar-refractivity contribution is 0.124. The summed E-state index contributed by atoms with van der Waals surface area (Å²) in [6, 6.07) is 11.2. The molecule has 1 amide bonds. The zero-order valence-corrected chi connectivity index (χ0v) is 15.7. The number of carbonyl (C=O) groups excluding carboxylic acids is 1. The number of ether oxygens (including phenoxy) is 1. The normalized spacial score (nSPS) is 16.1. The van der Waals surface area contributed by atoms with Crippen LogP contribution in [0.4, 0.5) is 13.6 Å². The molecule has 3 rings (SSSR count). The second kappa shape index (κ2) is 10.0. The van der Waals surface area contributed by atoms with Crippen LogP contribution < -0.4 is 5.73 Å². The van der Waals surface area contributed by atoms with Gasteiger partial charge in [-0.25, -0.2) is 13.6 Å². The number of nitrogens with zero attached hydrogens (tertiary/aromatic N) is 1. The van der Waals surface area contributed by atoms with Gasteiger partial charge in [0.2, 0.25) is 0 Å². The first-order valence-corrected chi connectivity index (χ1v) is 9.01. The SMILES string of the molecule is CC1CCN(C)CC1.NC(=O)OC(c1cccc(F)c1)c1ccccc1F. The fourth-order valence-electron chi connectivity index (χ4n) is 2.92. The molecule has 1 aliphatic rings. The molecule has 0 radical (unpaired) electrons. The van der Waals surface area contributed by atoms with Crippen LogP contribution in [0.25, 0.3) is 0 Å². The molecule has 27 heavy (non-hydrogen) atoms. The Morgan fingerprint density at radius 3 is 2.37 bits per heavy atom. The number of rotatable bonds is 3. The van der Waals surface area contributed by atoms with Crippen molar-refractivity contribution in [1.82, 2.24) is 4.90 Å². The van der Waals surface area contributed by atoms with Crippen molar-refractivity contribution in [1.29, 1.82) is 0 Å². The first-order valence-electron chi connectivity index (χ1n) is 9.01. The van der Waals surface area contributed by atoms with Crippen molar-refractivity contribution in [2.45, 2.75) is 25.9 Å². The Morgan fingerprint density at radius 2 is 1.81 bits per heavy atom. The maximum Gasteiger partial charge on any atom is 0.405 e. The Balaban J connectivity index is 0.000000273. The molecule has 2 N–H and O–H groups in total. The summed E-state index contributed by atoms with van der Waals surface area (Å²) in [5.74, 6) is -0.0869. The molecule has 6 heteroatoms. The maximum absolute atomic E-state index is 13.8. The molecule has 1 saturated heterocycles. The zero-order valence-electron chi connectivity index (χ0n) is 15.7. The first-order chi connectivity index (χ1) is 12.9. The number of hydrogen-bond acceptors (Lipinski definition) is 3. The highest BCUT2D eigenvalue weighted by atomic mass is 19.1. The van der Waals surface area contributed by atoms with E-state index in [4.69, 9.17) is 10.5 Å². The highest BCUT2D eigenvalue weighted by Crippen LogP contribution is 2.28. The third-order valence-corrected chi connectivity index (χ3v) is 4.58. The van der Waals surface area contributed by atoms with Crippen molar-refractivity contribution in [3.8, 4) is 0 Å². The van der Waals surface area contributed by atoms with E-state index in [2.05, 4.69) is 18.9 Å². The van der Waals surface area contributed by atoms with Crippen molar-refractivity contribution < 1.29 is 18.3 Å². The molecule has 1 unspecified atom stereocenters. The smallest absolute Gasteiger partial charge is 0.405 e. The molecule has 2 aromatic rings. The molecular weight excluding hydrogens is 350 g/mol. The van der Waals surface area contributed by atoms with Crippen LogP contribution in [0, 0.1) is 17.6 Å². The van der Waals surface area contributed by atoms with Crippen LogP contribution in [0.1, 0.15) is 37.0 Å². The van der Waals surface area contributed by atoms with Crippen LogP contribution in [0.15, 0.2) is 48.5 Å². The average molecular weight is 376 g/mol. The Hall–Kier alpha value is -2.47. The highest BCUT2D eigenvalue weighted by Gasteiger charge is 2.21. The summed E-state index contributed by atoms with van der Waals surface area (Å²) >= 11 is 0. The van der Waals surface area contributed by atoms with E-state index in [0.717, 1.165) is 5.92 Å². The van der Waals surface area contributed by atoms with Gasteiger partial charge in [-0.05, 0) is 57.1 Å². The van der Waals surface area contributed by atoms with Crippen molar-refractivity contribution in [3.63, 3.8) is 0 Å². The van der Waals surface area contributed by atoms with Crippen LogP contribution in [0.3, 0.4) is 0 Å². The molecule has 0 aromatic heterocycles. The van der Waals surface area contributed by atoms with Gasteiger partial charge in [-0.15, -0.1) is 0 Å². The number of amides is 1. The molecule has 2 aromatic carbocycles. The quantitative estimate of drug-likeness (QED) is 0.858. The third-order valence-electron chi connectivity index (χ3n) is 4.58. The van der Waals surface area contributed by atoms with E-state index < -0.39 is 23.8 Å². The zero-order chi connectivity index (χ0) is 19.8. The fourth-order valence-corrected chi connectivity index (χ4v) is 2.92. The monoisotopic (exact) mass is 376 g/mol. The fraction of sp³-hybridized carbons (Fsp3) is 0.381. The Kier molecular flexibility index (Phi) is 7.73. The number of nitrogens with two attached hydrogens (primary N) is 1. The van der Waals surface area contributed by atoms with Gasteiger partial charge >= 0.3 is 6.09 Å². The van der Waals surface area contributed by atoms with E-state index in [1.54, 1.807) is 6.07 Å². The summed E-state index contributed by atoms with van der Waals surface area (Å²) in [6.45, 7) is 4.95. The molecule has 1 atom stereocenters. The molecule has 1 fully saturated rings. The summed E-state index contributed by atoms with van der Waals surface area (Å²) in [4.78, 5) is 13.3. The molecule has 1 aliphatic heterocycles. The van der Waals surface area contributed by atoms with E-state index in [9.17, 15) is 13.6 Å². The summed E-state index contributed by atoms with van der Waals surface area (Å²) in [5, 5.41) is 0. The number of halogens is 2. The maximum atomic E-state index is 13.8. The van der Waals surface area contributed by atoms with E-state index in [0.29, 0.717) is 5.56 Å². The van der Waals surface area contributed by atoms with Crippen LogP contribution in [-0.2, 0) is 4.74 Å². The largest absolute Gasteiger partial charge is 0.436 e. The highest BCUT2D eigenvalue weighted by molar-refractivity contribution is 5.65. The minimum atomic E-state index is -1.07. The molecule has 0 aliphatic carbocycles. The second-order valence-electron chi connectivity index (χ2n) is 6.88. The van der Waals surface area contributed by atoms with Crippen LogP contribution >= 0.6 is 0 Å². The lowest BCUT2D eigenvalue weighted by Crippen LogP contribution is -2.28. The Labute approximate surface area is 158 Å². The summed E-state index contributed by atoms with van der Waals surface area (Å²) in [6.07, 6.45) is 0.666. The van der Waals surface area contributed by atoms with Gasteiger partial charge in [0.15, 0.2) is 6.10 Å². The number of carbonyl (C=O) groups is 1. The van der Waals surface area contributed by atoms with Gasteiger partial charge < -0.3 is 15.4 Å². The Morgan fingerprint density at radius 1 is 1.15 bits per heavy atom. The molecular formula is C21H26F2N2O2. The molecule has 1 heterocycles. The van der Waals surface area contributed by atoms with Crippen molar-refractivity contribution in [2.24, 2.45) is 11.7 Å². The average Bonchev–Trinajstić information content (AvgIpc) is 2.63. The van der Waals surface area contributed by atoms with E-state index in [1.165, 1.54) is 68.4 Å². The number of benzene rings is 2. The predicted molar refractivity (Wildman–Crippen MR) is 101 cm³/mol. The van der Waals surface area contributed by atoms with Crippen LogP contribution in [0.5, 0.6) is 0 Å². The van der Waals surface area contributed by atoms with Gasteiger partial charge in [0.25, 0.3) is 0 Å². The summed E-state index contributed by atoms with van der Waals surface area (Å²) in [5.41, 5.74) is 5.41. The van der Waals surface area contributed by atoms with E-state index >= 15 is 0 Å². The van der Waals surface area contributed by atoms with E-state index in [1.807, 2.05) is 0 Å². The summed E-state index contributed by atoms with van der Waals surface area (Å²) in [7, 11) is 2.20. The Bertz CT molecular complexity index is 736.